The summed E-state index contributed by atoms with van der Waals surface area (Å²) in [5.74, 6) is 1.08. The van der Waals surface area contributed by atoms with Gasteiger partial charge in [-0.25, -0.2) is 4.79 Å². The van der Waals surface area contributed by atoms with Crippen molar-refractivity contribution in [2.24, 2.45) is 0 Å². The molecule has 0 aliphatic rings. The van der Waals surface area contributed by atoms with Gasteiger partial charge in [-0.2, -0.15) is 0 Å². The van der Waals surface area contributed by atoms with E-state index < -0.39 is 0 Å². The third-order valence-electron chi connectivity index (χ3n) is 3.58. The summed E-state index contributed by atoms with van der Waals surface area (Å²) in [6.45, 7) is 2.09. The molecule has 3 rings (SSSR count). The highest BCUT2D eigenvalue weighted by Crippen LogP contribution is 2.26. The van der Waals surface area contributed by atoms with E-state index in [9.17, 15) is 4.79 Å². The summed E-state index contributed by atoms with van der Waals surface area (Å²) in [7, 11) is 0. The first-order chi connectivity index (χ1) is 12.7. The first-order valence-corrected chi connectivity index (χ1v) is 9.23. The molecular weight excluding hydrogens is 346 g/mol. The molecule has 0 amide bonds. The molecule has 4 nitrogen and oxygen atoms in total. The zero-order chi connectivity index (χ0) is 18.2. The Morgan fingerprint density at radius 2 is 1.92 bits per heavy atom. The predicted molar refractivity (Wildman–Crippen MR) is 103 cm³/mol. The van der Waals surface area contributed by atoms with E-state index in [1.165, 1.54) is 11.8 Å². The maximum Gasteiger partial charge on any atom is 0.339 e. The first kappa shape index (κ1) is 18.0. The second kappa shape index (κ2) is 9.06. The van der Waals surface area contributed by atoms with Gasteiger partial charge in [-0.3, -0.25) is 0 Å². The molecule has 0 aliphatic heterocycles. The van der Waals surface area contributed by atoms with Gasteiger partial charge in [-0.15, -0.1) is 11.8 Å². The average Bonchev–Trinajstić information content (AvgIpc) is 3.10. The topological polar surface area (TPSA) is 52.3 Å². The minimum atomic E-state index is -0.331. The quantitative estimate of drug-likeness (QED) is 0.428. The van der Waals surface area contributed by atoms with Crippen LogP contribution in [0.3, 0.4) is 0 Å². The molecule has 0 saturated heterocycles. The first-order valence-electron chi connectivity index (χ1n) is 8.25. The van der Waals surface area contributed by atoms with Crippen molar-refractivity contribution in [1.82, 2.24) is 5.16 Å². The molecule has 0 unspecified atom stereocenters. The summed E-state index contributed by atoms with van der Waals surface area (Å²) in [6.07, 6.45) is 3.77. The lowest BCUT2D eigenvalue weighted by molar-refractivity contribution is 0.0546. The molecular formula is C21H19NO3S. The number of rotatable bonds is 7. The highest BCUT2D eigenvalue weighted by molar-refractivity contribution is 7.98. The van der Waals surface area contributed by atoms with Crippen LogP contribution in [0.15, 0.2) is 76.2 Å². The van der Waals surface area contributed by atoms with E-state index in [4.69, 9.17) is 9.26 Å². The Balaban J connectivity index is 1.57. The number of benzene rings is 2. The maximum atomic E-state index is 12.4. The zero-order valence-corrected chi connectivity index (χ0v) is 15.2. The number of aromatic nitrogens is 1. The van der Waals surface area contributed by atoms with Gasteiger partial charge >= 0.3 is 5.97 Å². The highest BCUT2D eigenvalue weighted by atomic mass is 32.2. The lowest BCUT2D eigenvalue weighted by Crippen LogP contribution is -2.06. The number of hydrogen-bond donors (Lipinski definition) is 0. The monoisotopic (exact) mass is 365 g/mol. The Hall–Kier alpha value is -2.79. The van der Waals surface area contributed by atoms with Crippen molar-refractivity contribution in [3.8, 4) is 0 Å². The van der Waals surface area contributed by atoms with Crippen molar-refractivity contribution in [2.45, 2.75) is 17.6 Å². The van der Waals surface area contributed by atoms with E-state index in [2.05, 4.69) is 5.16 Å². The molecule has 1 heterocycles. The summed E-state index contributed by atoms with van der Waals surface area (Å²) in [5, 5.41) is 3.97. The van der Waals surface area contributed by atoms with Gasteiger partial charge < -0.3 is 9.26 Å². The van der Waals surface area contributed by atoms with Crippen LogP contribution in [0.4, 0.5) is 0 Å². The summed E-state index contributed by atoms with van der Waals surface area (Å²) in [6, 6.07) is 19.2. The fourth-order valence-corrected chi connectivity index (χ4v) is 3.27. The number of aryl methyl sites for hydroxylation is 1. The number of nitrogens with zero attached hydrogens (tertiary/aromatic N) is 1. The molecule has 0 N–H and O–H groups in total. The van der Waals surface area contributed by atoms with E-state index in [1.807, 2.05) is 73.7 Å². The molecule has 1 aromatic heterocycles. The smallest absolute Gasteiger partial charge is 0.339 e. The van der Waals surface area contributed by atoms with Crippen LogP contribution >= 0.6 is 11.8 Å². The molecule has 0 saturated carbocycles. The molecule has 26 heavy (non-hydrogen) atoms. The molecule has 0 fully saturated rings. The van der Waals surface area contributed by atoms with Gasteiger partial charge in [-0.1, -0.05) is 53.7 Å². The molecule has 0 atom stereocenters. The van der Waals surface area contributed by atoms with Gasteiger partial charge in [0.1, 0.15) is 12.4 Å². The lowest BCUT2D eigenvalue weighted by Gasteiger charge is -2.07. The Bertz CT molecular complexity index is 887. The normalized spacial score (nSPS) is 11.0. The third kappa shape index (κ3) is 5.10. The molecule has 132 valence electrons. The van der Waals surface area contributed by atoms with E-state index >= 15 is 0 Å². The Kier molecular flexibility index (Phi) is 6.28. The van der Waals surface area contributed by atoms with Crippen LogP contribution in [0.5, 0.6) is 0 Å². The van der Waals surface area contributed by atoms with Gasteiger partial charge in [0, 0.05) is 16.7 Å². The third-order valence-corrected chi connectivity index (χ3v) is 4.69. The fourth-order valence-electron chi connectivity index (χ4n) is 2.35. The van der Waals surface area contributed by atoms with Crippen LogP contribution in [0.1, 0.15) is 27.4 Å². The van der Waals surface area contributed by atoms with Crippen LogP contribution in [0.25, 0.3) is 6.08 Å². The molecule has 2 aromatic carbocycles. The van der Waals surface area contributed by atoms with Crippen LogP contribution in [-0.2, 0) is 10.5 Å². The van der Waals surface area contributed by atoms with E-state index in [0.29, 0.717) is 11.3 Å². The highest BCUT2D eigenvalue weighted by Gasteiger charge is 2.13. The lowest BCUT2D eigenvalue weighted by atomic mass is 10.2. The van der Waals surface area contributed by atoms with E-state index in [0.717, 1.165) is 21.9 Å². The number of ether oxygens (including phenoxy) is 1. The minimum absolute atomic E-state index is 0.231. The zero-order valence-electron chi connectivity index (χ0n) is 14.4. The Labute approximate surface area is 156 Å². The maximum absolute atomic E-state index is 12.4. The molecule has 0 spiro atoms. The summed E-state index contributed by atoms with van der Waals surface area (Å²) in [4.78, 5) is 13.3. The number of carbonyl (C=O) groups is 1. The Morgan fingerprint density at radius 1 is 1.15 bits per heavy atom. The van der Waals surface area contributed by atoms with Gasteiger partial charge in [0.2, 0.25) is 0 Å². The molecule has 3 aromatic rings. The van der Waals surface area contributed by atoms with Crippen molar-refractivity contribution in [3.05, 3.63) is 89.3 Å². The minimum Gasteiger partial charge on any atom is -0.458 e. The standard InChI is InChI=1S/C21H19NO3S/c1-16-14-18(22-25-16)15-26-20-12-6-5-11-19(20)21(23)24-13-7-10-17-8-3-2-4-9-17/h2-12,14H,13,15H2,1H3/b10-7+. The van der Waals surface area contributed by atoms with Crippen molar-refractivity contribution in [3.63, 3.8) is 0 Å². The van der Waals surface area contributed by atoms with Crippen molar-refractivity contribution in [1.29, 1.82) is 0 Å². The van der Waals surface area contributed by atoms with Gasteiger partial charge in [-0.05, 0) is 30.7 Å². The van der Waals surface area contributed by atoms with Crippen LogP contribution < -0.4 is 0 Å². The second-order valence-corrected chi connectivity index (χ2v) is 6.64. The summed E-state index contributed by atoms with van der Waals surface area (Å²) in [5.41, 5.74) is 2.48. The number of esters is 1. The number of thioether (sulfide) groups is 1. The van der Waals surface area contributed by atoms with Crippen LogP contribution in [0.2, 0.25) is 0 Å². The van der Waals surface area contributed by atoms with Crippen LogP contribution in [0, 0.1) is 6.92 Å². The van der Waals surface area contributed by atoms with Crippen molar-refractivity contribution in [2.75, 3.05) is 6.61 Å². The van der Waals surface area contributed by atoms with Gasteiger partial charge in [0.15, 0.2) is 0 Å². The second-order valence-electron chi connectivity index (χ2n) is 5.63. The van der Waals surface area contributed by atoms with E-state index in [1.54, 1.807) is 6.07 Å². The molecule has 0 aliphatic carbocycles. The predicted octanol–water partition coefficient (Wildman–Crippen LogP) is 5.15. The number of carbonyl (C=O) groups excluding carboxylic acids is 1. The van der Waals surface area contributed by atoms with Crippen molar-refractivity contribution >= 4 is 23.8 Å². The van der Waals surface area contributed by atoms with Crippen LogP contribution in [-0.4, -0.2) is 17.7 Å². The van der Waals surface area contributed by atoms with E-state index in [-0.39, 0.29) is 12.6 Å². The van der Waals surface area contributed by atoms with Gasteiger partial charge in [0.05, 0.1) is 11.3 Å². The summed E-state index contributed by atoms with van der Waals surface area (Å²) < 4.78 is 10.4. The van der Waals surface area contributed by atoms with Gasteiger partial charge in [0.25, 0.3) is 0 Å². The number of hydrogen-bond acceptors (Lipinski definition) is 5. The Morgan fingerprint density at radius 3 is 2.69 bits per heavy atom. The molecule has 5 heteroatoms. The SMILES string of the molecule is Cc1cc(CSc2ccccc2C(=O)OC/C=C/c2ccccc2)no1. The molecule has 0 radical (unpaired) electrons. The average molecular weight is 365 g/mol. The summed E-state index contributed by atoms with van der Waals surface area (Å²) >= 11 is 1.54. The van der Waals surface area contributed by atoms with Crippen molar-refractivity contribution < 1.29 is 14.1 Å². The molecule has 0 bridgehead atoms. The largest absolute Gasteiger partial charge is 0.458 e. The fraction of sp³-hybridized carbons (Fsp3) is 0.143.